The van der Waals surface area contributed by atoms with E-state index in [2.05, 4.69) is 55.6 Å². The predicted molar refractivity (Wildman–Crippen MR) is 84.1 cm³/mol. The normalized spacial score (nSPS) is 24.1. The summed E-state index contributed by atoms with van der Waals surface area (Å²) in [7, 11) is 2.04. The molecule has 2 aromatic rings. The Morgan fingerprint density at radius 2 is 1.95 bits per heavy atom. The maximum atomic E-state index is 6.11. The third-order valence-electron chi connectivity index (χ3n) is 4.45. The van der Waals surface area contributed by atoms with Gasteiger partial charge in [-0.25, -0.2) is 0 Å². The van der Waals surface area contributed by atoms with Gasteiger partial charge in [0.2, 0.25) is 0 Å². The number of benzene rings is 2. The SMILES string of the molecule is CNC(c1c(C)ccc2ccccc12)C1CCC(C)O1. The number of rotatable bonds is 3. The molecule has 0 amide bonds. The second kappa shape index (κ2) is 5.55. The smallest absolute Gasteiger partial charge is 0.0774 e. The summed E-state index contributed by atoms with van der Waals surface area (Å²) in [6.45, 7) is 4.37. The number of fused-ring (bicyclic) bond motifs is 1. The number of ether oxygens (including phenoxy) is 1. The monoisotopic (exact) mass is 269 g/mol. The zero-order chi connectivity index (χ0) is 14.1. The molecule has 0 bridgehead atoms. The lowest BCUT2D eigenvalue weighted by Gasteiger charge is -2.26. The van der Waals surface area contributed by atoms with E-state index < -0.39 is 0 Å². The van der Waals surface area contributed by atoms with Crippen LogP contribution < -0.4 is 5.32 Å². The molecular formula is C18H23NO. The third kappa shape index (κ3) is 2.34. The zero-order valence-corrected chi connectivity index (χ0v) is 12.5. The van der Waals surface area contributed by atoms with Gasteiger partial charge in [-0.15, -0.1) is 0 Å². The topological polar surface area (TPSA) is 21.3 Å². The van der Waals surface area contributed by atoms with Crippen LogP contribution in [0.2, 0.25) is 0 Å². The van der Waals surface area contributed by atoms with E-state index in [0.29, 0.717) is 6.10 Å². The number of hydrogen-bond donors (Lipinski definition) is 1. The lowest BCUT2D eigenvalue weighted by molar-refractivity contribution is 0.0335. The lowest BCUT2D eigenvalue weighted by atomic mass is 9.90. The quantitative estimate of drug-likeness (QED) is 0.910. The molecule has 3 unspecified atom stereocenters. The summed E-state index contributed by atoms with van der Waals surface area (Å²) in [4.78, 5) is 0. The van der Waals surface area contributed by atoms with Crippen molar-refractivity contribution in [2.45, 2.75) is 44.9 Å². The second-order valence-electron chi connectivity index (χ2n) is 5.85. The van der Waals surface area contributed by atoms with Crippen LogP contribution in [-0.2, 0) is 4.74 Å². The minimum Gasteiger partial charge on any atom is -0.373 e. The van der Waals surface area contributed by atoms with Gasteiger partial charge in [-0.05, 0) is 55.6 Å². The number of hydrogen-bond acceptors (Lipinski definition) is 2. The first-order valence-corrected chi connectivity index (χ1v) is 7.51. The molecule has 0 spiro atoms. The van der Waals surface area contributed by atoms with Gasteiger partial charge in [-0.1, -0.05) is 36.4 Å². The Hall–Kier alpha value is -1.38. The molecule has 1 aliphatic rings. The van der Waals surface area contributed by atoms with Gasteiger partial charge in [0.15, 0.2) is 0 Å². The van der Waals surface area contributed by atoms with Crippen molar-refractivity contribution in [3.63, 3.8) is 0 Å². The standard InChI is InChI=1S/C18H23NO/c1-12-8-10-14-6-4-5-7-15(14)17(12)18(19-3)16-11-9-13(2)20-16/h4-8,10,13,16,18-19H,9,11H2,1-3H3. The van der Waals surface area contributed by atoms with Crippen LogP contribution in [0.4, 0.5) is 0 Å². The molecule has 1 aliphatic heterocycles. The van der Waals surface area contributed by atoms with Crippen LogP contribution in [0.1, 0.15) is 36.9 Å². The van der Waals surface area contributed by atoms with Crippen molar-refractivity contribution < 1.29 is 4.74 Å². The number of aryl methyl sites for hydroxylation is 1. The van der Waals surface area contributed by atoms with Crippen molar-refractivity contribution in [1.82, 2.24) is 5.32 Å². The average Bonchev–Trinajstić information content (AvgIpc) is 2.88. The van der Waals surface area contributed by atoms with E-state index in [4.69, 9.17) is 4.74 Å². The molecular weight excluding hydrogens is 246 g/mol. The van der Waals surface area contributed by atoms with E-state index in [1.165, 1.54) is 21.9 Å². The second-order valence-corrected chi connectivity index (χ2v) is 5.85. The zero-order valence-electron chi connectivity index (χ0n) is 12.5. The first-order chi connectivity index (χ1) is 9.70. The van der Waals surface area contributed by atoms with Gasteiger partial charge in [-0.3, -0.25) is 0 Å². The largest absolute Gasteiger partial charge is 0.373 e. The first-order valence-electron chi connectivity index (χ1n) is 7.51. The van der Waals surface area contributed by atoms with Crippen molar-refractivity contribution in [3.8, 4) is 0 Å². The maximum Gasteiger partial charge on any atom is 0.0774 e. The predicted octanol–water partition coefficient (Wildman–Crippen LogP) is 3.98. The summed E-state index contributed by atoms with van der Waals surface area (Å²) in [5, 5.41) is 6.14. The lowest BCUT2D eigenvalue weighted by Crippen LogP contribution is -2.30. The molecule has 1 saturated heterocycles. The van der Waals surface area contributed by atoms with Crippen molar-refractivity contribution in [2.24, 2.45) is 0 Å². The molecule has 1 N–H and O–H groups in total. The van der Waals surface area contributed by atoms with Gasteiger partial charge in [0.05, 0.1) is 18.2 Å². The Bertz CT molecular complexity index is 607. The molecule has 1 heterocycles. The van der Waals surface area contributed by atoms with Crippen LogP contribution in [0.5, 0.6) is 0 Å². The fourth-order valence-electron chi connectivity index (χ4n) is 3.41. The maximum absolute atomic E-state index is 6.11. The van der Waals surface area contributed by atoms with Crippen molar-refractivity contribution >= 4 is 10.8 Å². The summed E-state index contributed by atoms with van der Waals surface area (Å²) in [6, 6.07) is 13.3. The molecule has 2 nitrogen and oxygen atoms in total. The Kier molecular flexibility index (Phi) is 3.77. The molecule has 1 fully saturated rings. The minimum absolute atomic E-state index is 0.269. The summed E-state index contributed by atoms with van der Waals surface area (Å²) in [6.07, 6.45) is 2.95. The molecule has 0 aliphatic carbocycles. The average molecular weight is 269 g/mol. The molecule has 3 atom stereocenters. The molecule has 2 heteroatoms. The van der Waals surface area contributed by atoms with E-state index in [1.54, 1.807) is 0 Å². The molecule has 106 valence electrons. The van der Waals surface area contributed by atoms with E-state index in [1.807, 2.05) is 7.05 Å². The van der Waals surface area contributed by atoms with Crippen LogP contribution in [-0.4, -0.2) is 19.3 Å². The minimum atomic E-state index is 0.269. The molecule has 0 saturated carbocycles. The third-order valence-corrected chi connectivity index (χ3v) is 4.45. The summed E-state index contributed by atoms with van der Waals surface area (Å²) in [5.74, 6) is 0. The van der Waals surface area contributed by atoms with E-state index in [0.717, 1.165) is 12.8 Å². The van der Waals surface area contributed by atoms with E-state index in [9.17, 15) is 0 Å². The van der Waals surface area contributed by atoms with E-state index in [-0.39, 0.29) is 12.1 Å². The van der Waals surface area contributed by atoms with Gasteiger partial charge >= 0.3 is 0 Å². The molecule has 20 heavy (non-hydrogen) atoms. The Morgan fingerprint density at radius 3 is 2.65 bits per heavy atom. The van der Waals surface area contributed by atoms with Gasteiger partial charge < -0.3 is 10.1 Å². The highest BCUT2D eigenvalue weighted by atomic mass is 16.5. The molecule has 0 aromatic heterocycles. The van der Waals surface area contributed by atoms with Gasteiger partial charge in [0.1, 0.15) is 0 Å². The van der Waals surface area contributed by atoms with Gasteiger partial charge in [0, 0.05) is 0 Å². The van der Waals surface area contributed by atoms with Gasteiger partial charge in [0.25, 0.3) is 0 Å². The van der Waals surface area contributed by atoms with Crippen LogP contribution in [0.15, 0.2) is 36.4 Å². The highest BCUT2D eigenvalue weighted by Gasteiger charge is 2.31. The number of nitrogens with one attached hydrogen (secondary N) is 1. The molecule has 0 radical (unpaired) electrons. The van der Waals surface area contributed by atoms with Crippen LogP contribution in [0.25, 0.3) is 10.8 Å². The highest BCUT2D eigenvalue weighted by molar-refractivity contribution is 5.87. The van der Waals surface area contributed by atoms with E-state index >= 15 is 0 Å². The van der Waals surface area contributed by atoms with Crippen molar-refractivity contribution in [1.29, 1.82) is 0 Å². The van der Waals surface area contributed by atoms with Crippen LogP contribution >= 0.6 is 0 Å². The fraction of sp³-hybridized carbons (Fsp3) is 0.444. The Balaban J connectivity index is 2.09. The Morgan fingerprint density at radius 1 is 1.15 bits per heavy atom. The first kappa shape index (κ1) is 13.6. The molecule has 2 aromatic carbocycles. The van der Waals surface area contributed by atoms with Crippen LogP contribution in [0, 0.1) is 6.92 Å². The van der Waals surface area contributed by atoms with Crippen LogP contribution in [0.3, 0.4) is 0 Å². The summed E-state index contributed by atoms with van der Waals surface area (Å²) < 4.78 is 6.11. The summed E-state index contributed by atoms with van der Waals surface area (Å²) >= 11 is 0. The molecule has 3 rings (SSSR count). The van der Waals surface area contributed by atoms with Crippen molar-refractivity contribution in [3.05, 3.63) is 47.5 Å². The summed E-state index contributed by atoms with van der Waals surface area (Å²) in [5.41, 5.74) is 2.73. The number of likely N-dealkylation sites (N-methyl/N-ethyl adjacent to an activating group) is 1. The highest BCUT2D eigenvalue weighted by Crippen LogP contribution is 2.35. The van der Waals surface area contributed by atoms with Crippen molar-refractivity contribution in [2.75, 3.05) is 7.05 Å². The van der Waals surface area contributed by atoms with Gasteiger partial charge in [-0.2, -0.15) is 0 Å². The Labute approximate surface area is 121 Å². The fourth-order valence-corrected chi connectivity index (χ4v) is 3.41.